The van der Waals surface area contributed by atoms with Gasteiger partial charge in [-0.25, -0.2) is 0 Å². The summed E-state index contributed by atoms with van der Waals surface area (Å²) in [6.07, 6.45) is 0. The average Bonchev–Trinajstić information content (AvgIpc) is 2.44. The summed E-state index contributed by atoms with van der Waals surface area (Å²) in [4.78, 5) is 1.16. The van der Waals surface area contributed by atoms with E-state index in [0.717, 1.165) is 27.0 Å². The molecule has 0 radical (unpaired) electrons. The third-order valence-corrected chi connectivity index (χ3v) is 3.74. The van der Waals surface area contributed by atoms with E-state index in [0.29, 0.717) is 13.2 Å². The van der Waals surface area contributed by atoms with Gasteiger partial charge in [-0.3, -0.25) is 0 Å². The second-order valence-electron chi connectivity index (χ2n) is 4.01. The lowest BCUT2D eigenvalue weighted by atomic mass is 10.2. The van der Waals surface area contributed by atoms with E-state index >= 15 is 0 Å². The van der Waals surface area contributed by atoms with Gasteiger partial charge in [-0.05, 0) is 35.9 Å². The van der Waals surface area contributed by atoms with Crippen molar-refractivity contribution in [2.24, 2.45) is 5.73 Å². The fourth-order valence-electron chi connectivity index (χ4n) is 1.64. The van der Waals surface area contributed by atoms with Crippen LogP contribution in [-0.2, 0) is 6.54 Å². The summed E-state index contributed by atoms with van der Waals surface area (Å²) in [6, 6.07) is 15.7. The van der Waals surface area contributed by atoms with Crippen LogP contribution in [0.1, 0.15) is 5.56 Å². The normalized spacial score (nSPS) is 10.4. The zero-order valence-corrected chi connectivity index (χ0v) is 12.1. The number of rotatable bonds is 6. The zero-order chi connectivity index (χ0) is 13.5. The predicted molar refractivity (Wildman–Crippen MR) is 82.0 cm³/mol. The van der Waals surface area contributed by atoms with Gasteiger partial charge in [0.15, 0.2) is 0 Å². The van der Waals surface area contributed by atoms with Gasteiger partial charge >= 0.3 is 0 Å². The third-order valence-electron chi connectivity index (χ3n) is 2.55. The maximum Gasteiger partial charge on any atom is 0.119 e. The molecule has 0 saturated heterocycles. The lowest BCUT2D eigenvalue weighted by Crippen LogP contribution is -2.01. The highest BCUT2D eigenvalue weighted by Crippen LogP contribution is 2.21. The highest BCUT2D eigenvalue weighted by atomic mass is 35.5. The Kier molecular flexibility index (Phi) is 5.58. The van der Waals surface area contributed by atoms with Crippen molar-refractivity contribution >= 4 is 23.4 Å². The van der Waals surface area contributed by atoms with Crippen LogP contribution in [0.3, 0.4) is 0 Å². The number of thioether (sulfide) groups is 1. The largest absolute Gasteiger partial charge is 0.493 e. The highest BCUT2D eigenvalue weighted by Gasteiger charge is 1.98. The van der Waals surface area contributed by atoms with Gasteiger partial charge < -0.3 is 10.5 Å². The Labute approximate surface area is 122 Å². The molecule has 0 atom stereocenters. The molecule has 2 aromatic carbocycles. The molecule has 2 N–H and O–H groups in total. The molecule has 0 fully saturated rings. The minimum absolute atomic E-state index is 0.536. The molecule has 0 unspecified atom stereocenters. The van der Waals surface area contributed by atoms with Crippen LogP contribution in [0.25, 0.3) is 0 Å². The van der Waals surface area contributed by atoms with Gasteiger partial charge in [0.1, 0.15) is 5.75 Å². The van der Waals surface area contributed by atoms with Crippen LogP contribution < -0.4 is 10.5 Å². The Hall–Kier alpha value is -1.16. The summed E-state index contributed by atoms with van der Waals surface area (Å²) < 4.78 is 5.69. The van der Waals surface area contributed by atoms with Crippen molar-refractivity contribution in [3.05, 3.63) is 59.1 Å². The summed E-state index contributed by atoms with van der Waals surface area (Å²) in [5, 5.41) is 0.765. The molecule has 0 aromatic heterocycles. The zero-order valence-electron chi connectivity index (χ0n) is 10.5. The first-order valence-corrected chi connectivity index (χ1v) is 7.44. The summed E-state index contributed by atoms with van der Waals surface area (Å²) in [5.74, 6) is 1.75. The minimum Gasteiger partial charge on any atom is -0.493 e. The van der Waals surface area contributed by atoms with Gasteiger partial charge in [0.05, 0.1) is 6.61 Å². The van der Waals surface area contributed by atoms with E-state index in [4.69, 9.17) is 22.1 Å². The Bertz CT molecular complexity index is 533. The van der Waals surface area contributed by atoms with E-state index in [9.17, 15) is 0 Å². The third kappa shape index (κ3) is 4.78. The minimum atomic E-state index is 0.536. The Morgan fingerprint density at radius 2 is 1.95 bits per heavy atom. The number of benzene rings is 2. The van der Waals surface area contributed by atoms with Crippen molar-refractivity contribution in [2.45, 2.75) is 11.4 Å². The van der Waals surface area contributed by atoms with Gasteiger partial charge in [0.2, 0.25) is 0 Å². The monoisotopic (exact) mass is 293 g/mol. The second-order valence-corrected chi connectivity index (χ2v) is 5.61. The summed E-state index contributed by atoms with van der Waals surface area (Å²) in [7, 11) is 0. The number of hydrogen-bond donors (Lipinski definition) is 1. The van der Waals surface area contributed by atoms with Crippen molar-refractivity contribution in [3.8, 4) is 5.75 Å². The van der Waals surface area contributed by atoms with Crippen LogP contribution in [0.4, 0.5) is 0 Å². The highest BCUT2D eigenvalue weighted by molar-refractivity contribution is 7.99. The molecular weight excluding hydrogens is 278 g/mol. The molecule has 0 aliphatic carbocycles. The lowest BCUT2D eigenvalue weighted by Gasteiger charge is -2.07. The van der Waals surface area contributed by atoms with E-state index in [2.05, 4.69) is 0 Å². The van der Waals surface area contributed by atoms with Crippen LogP contribution in [0.15, 0.2) is 53.4 Å². The van der Waals surface area contributed by atoms with Crippen molar-refractivity contribution in [1.82, 2.24) is 0 Å². The molecule has 0 aliphatic rings. The summed E-state index contributed by atoms with van der Waals surface area (Å²) in [5.41, 5.74) is 6.67. The van der Waals surface area contributed by atoms with Crippen LogP contribution in [-0.4, -0.2) is 12.4 Å². The molecule has 0 amide bonds. The van der Waals surface area contributed by atoms with E-state index in [-0.39, 0.29) is 0 Å². The molecule has 2 rings (SSSR count). The Morgan fingerprint density at radius 1 is 1.11 bits per heavy atom. The van der Waals surface area contributed by atoms with Crippen LogP contribution in [0, 0.1) is 0 Å². The molecule has 100 valence electrons. The molecule has 0 aliphatic heterocycles. The maximum absolute atomic E-state index is 5.93. The number of ether oxygens (including phenoxy) is 1. The smallest absolute Gasteiger partial charge is 0.119 e. The molecule has 0 saturated carbocycles. The van der Waals surface area contributed by atoms with Crippen LogP contribution >= 0.6 is 23.4 Å². The first kappa shape index (κ1) is 14.3. The average molecular weight is 294 g/mol. The number of nitrogens with two attached hydrogens (primary N) is 1. The van der Waals surface area contributed by atoms with Gasteiger partial charge in [0, 0.05) is 22.2 Å². The first-order chi connectivity index (χ1) is 9.28. The molecule has 0 heterocycles. The molecular formula is C15H16ClNOS. The van der Waals surface area contributed by atoms with Crippen molar-refractivity contribution in [3.63, 3.8) is 0 Å². The molecule has 2 nitrogen and oxygen atoms in total. The van der Waals surface area contributed by atoms with E-state index in [1.54, 1.807) is 11.8 Å². The topological polar surface area (TPSA) is 35.2 Å². The molecule has 0 bridgehead atoms. The SMILES string of the molecule is NCc1cccc(OCCSc2cccc(Cl)c2)c1. The van der Waals surface area contributed by atoms with Crippen molar-refractivity contribution < 1.29 is 4.74 Å². The lowest BCUT2D eigenvalue weighted by molar-refractivity contribution is 0.343. The summed E-state index contributed by atoms with van der Waals surface area (Å²) >= 11 is 7.66. The van der Waals surface area contributed by atoms with Gasteiger partial charge in [-0.1, -0.05) is 29.8 Å². The van der Waals surface area contributed by atoms with E-state index in [1.807, 2.05) is 48.5 Å². The molecule has 19 heavy (non-hydrogen) atoms. The molecule has 0 spiro atoms. The van der Waals surface area contributed by atoms with E-state index < -0.39 is 0 Å². The Balaban J connectivity index is 1.77. The van der Waals surface area contributed by atoms with Crippen LogP contribution in [0.5, 0.6) is 5.75 Å². The van der Waals surface area contributed by atoms with E-state index in [1.165, 1.54) is 0 Å². The van der Waals surface area contributed by atoms with Gasteiger partial charge in [-0.15, -0.1) is 11.8 Å². The van der Waals surface area contributed by atoms with Gasteiger partial charge in [0.25, 0.3) is 0 Å². The standard InChI is InChI=1S/C15H16ClNOS/c16-13-4-2-6-15(10-13)19-8-7-18-14-5-1-3-12(9-14)11-17/h1-6,9-10H,7-8,11,17H2. The fraction of sp³-hybridized carbons (Fsp3) is 0.200. The molecule has 2 aromatic rings. The fourth-order valence-corrected chi connectivity index (χ4v) is 2.68. The van der Waals surface area contributed by atoms with Crippen molar-refractivity contribution in [2.75, 3.05) is 12.4 Å². The van der Waals surface area contributed by atoms with Crippen molar-refractivity contribution in [1.29, 1.82) is 0 Å². The number of hydrogen-bond acceptors (Lipinski definition) is 3. The predicted octanol–water partition coefficient (Wildman–Crippen LogP) is 3.97. The second kappa shape index (κ2) is 7.43. The molecule has 4 heteroatoms. The Morgan fingerprint density at radius 3 is 2.74 bits per heavy atom. The van der Waals surface area contributed by atoms with Gasteiger partial charge in [-0.2, -0.15) is 0 Å². The number of halogens is 1. The maximum atomic E-state index is 5.93. The first-order valence-electron chi connectivity index (χ1n) is 6.08. The summed E-state index contributed by atoms with van der Waals surface area (Å²) in [6.45, 7) is 1.19. The van der Waals surface area contributed by atoms with Crippen LogP contribution in [0.2, 0.25) is 5.02 Å². The quantitative estimate of drug-likeness (QED) is 0.646.